The Morgan fingerprint density at radius 2 is 0.907 bits per heavy atom. The van der Waals surface area contributed by atoms with Gasteiger partial charge in [-0.3, -0.25) is 4.98 Å². The third-order valence-corrected chi connectivity index (χ3v) is 8.50. The number of hydrogen-bond donors (Lipinski definition) is 0. The molecule has 43 heavy (non-hydrogen) atoms. The van der Waals surface area contributed by atoms with Crippen molar-refractivity contribution in [3.05, 3.63) is 146 Å². The number of fused-ring (bicyclic) bond motifs is 9. The highest BCUT2D eigenvalue weighted by Gasteiger charge is 2.14. The van der Waals surface area contributed by atoms with Gasteiger partial charge >= 0.3 is 0 Å². The minimum Gasteiger partial charge on any atom is -0.456 e. The van der Waals surface area contributed by atoms with Crippen molar-refractivity contribution in [2.24, 2.45) is 0 Å². The Labute approximate surface area is 247 Å². The Hall–Kier alpha value is -5.80. The molecule has 0 bridgehead atoms. The zero-order chi connectivity index (χ0) is 28.3. The molecule has 0 fully saturated rings. The molecule has 0 aliphatic heterocycles. The molecule has 0 aliphatic rings. The Morgan fingerprint density at radius 1 is 0.372 bits per heavy atom. The van der Waals surface area contributed by atoms with Gasteiger partial charge in [-0.25, -0.2) is 4.98 Å². The average Bonchev–Trinajstić information content (AvgIpc) is 3.46. The molecule has 0 radical (unpaired) electrons. The van der Waals surface area contributed by atoms with Crippen LogP contribution in [0, 0.1) is 0 Å². The van der Waals surface area contributed by atoms with Crippen molar-refractivity contribution in [3.63, 3.8) is 0 Å². The van der Waals surface area contributed by atoms with Crippen LogP contribution in [0.2, 0.25) is 0 Å². The first-order chi connectivity index (χ1) is 21.3. The number of hydrogen-bond acceptors (Lipinski definition) is 3. The topological polar surface area (TPSA) is 38.9 Å². The van der Waals surface area contributed by atoms with E-state index in [0.717, 1.165) is 66.1 Å². The van der Waals surface area contributed by atoms with E-state index in [0.29, 0.717) is 0 Å². The van der Waals surface area contributed by atoms with Gasteiger partial charge in [0.15, 0.2) is 0 Å². The summed E-state index contributed by atoms with van der Waals surface area (Å²) in [5.41, 5.74) is 10.2. The van der Waals surface area contributed by atoms with Crippen LogP contribution in [0.1, 0.15) is 0 Å². The summed E-state index contributed by atoms with van der Waals surface area (Å²) in [6, 6.07) is 48.8. The van der Waals surface area contributed by atoms with Crippen LogP contribution in [0.3, 0.4) is 0 Å². The molecule has 0 aliphatic carbocycles. The van der Waals surface area contributed by atoms with E-state index in [-0.39, 0.29) is 0 Å². The molecule has 0 saturated heterocycles. The van der Waals surface area contributed by atoms with E-state index in [9.17, 15) is 0 Å². The molecule has 2 heterocycles. The third kappa shape index (κ3) is 3.83. The largest absolute Gasteiger partial charge is 0.456 e. The summed E-state index contributed by atoms with van der Waals surface area (Å²) in [6.07, 6.45) is 1.90. The van der Waals surface area contributed by atoms with Gasteiger partial charge in [-0.15, -0.1) is 0 Å². The van der Waals surface area contributed by atoms with Crippen molar-refractivity contribution in [2.45, 2.75) is 0 Å². The molecule has 0 spiro atoms. The molecule has 0 N–H and O–H groups in total. The van der Waals surface area contributed by atoms with Gasteiger partial charge in [-0.1, -0.05) is 109 Å². The fourth-order valence-electron chi connectivity index (χ4n) is 6.39. The first-order valence-corrected chi connectivity index (χ1v) is 14.5. The van der Waals surface area contributed by atoms with Crippen LogP contribution >= 0.6 is 0 Å². The fourth-order valence-corrected chi connectivity index (χ4v) is 6.39. The maximum absolute atomic E-state index is 6.22. The summed E-state index contributed by atoms with van der Waals surface area (Å²) >= 11 is 0. The highest BCUT2D eigenvalue weighted by Crippen LogP contribution is 2.37. The Bertz CT molecular complexity index is 2470. The monoisotopic (exact) mass is 548 g/mol. The summed E-state index contributed by atoms with van der Waals surface area (Å²) in [6.45, 7) is 0. The van der Waals surface area contributed by atoms with Gasteiger partial charge in [0.25, 0.3) is 0 Å². The molecule has 0 saturated carbocycles. The number of benzene rings is 7. The normalized spacial score (nSPS) is 11.7. The number of rotatable bonds is 3. The molecule has 3 heteroatoms. The Balaban J connectivity index is 1.17. The van der Waals surface area contributed by atoms with Crippen LogP contribution < -0.4 is 0 Å². The van der Waals surface area contributed by atoms with Crippen molar-refractivity contribution in [1.29, 1.82) is 0 Å². The van der Waals surface area contributed by atoms with Crippen LogP contribution in [-0.4, -0.2) is 9.97 Å². The zero-order valence-electron chi connectivity index (χ0n) is 23.2. The molecule has 0 atom stereocenters. The predicted octanol–water partition coefficient (Wildman–Crippen LogP) is 10.8. The molecular formula is C40H24N2O. The molecule has 9 aromatic rings. The van der Waals surface area contributed by atoms with Crippen molar-refractivity contribution in [3.8, 4) is 33.5 Å². The van der Waals surface area contributed by atoms with Gasteiger partial charge in [0, 0.05) is 27.1 Å². The van der Waals surface area contributed by atoms with Gasteiger partial charge in [0.2, 0.25) is 0 Å². The molecule has 7 aromatic carbocycles. The summed E-state index contributed by atoms with van der Waals surface area (Å²) in [4.78, 5) is 10.2. The maximum atomic E-state index is 6.22. The molecule has 0 unspecified atom stereocenters. The van der Waals surface area contributed by atoms with Crippen molar-refractivity contribution in [2.75, 3.05) is 0 Å². The van der Waals surface area contributed by atoms with Crippen LogP contribution in [0.25, 0.3) is 88.0 Å². The first kappa shape index (κ1) is 23.9. The number of nitrogens with zero attached hydrogens (tertiary/aromatic N) is 2. The lowest BCUT2D eigenvalue weighted by Gasteiger charge is -2.11. The summed E-state index contributed by atoms with van der Waals surface area (Å²) in [5.74, 6) is 0. The SMILES string of the molecule is c1ccc(-c2ccc3oc4ccc(-c5cccc(-c6cnc7c8ccccc8c8ccccc8c7n6)c5)cc4c3c2)cc1. The third-order valence-electron chi connectivity index (χ3n) is 8.50. The van der Waals surface area contributed by atoms with Crippen molar-refractivity contribution in [1.82, 2.24) is 9.97 Å². The first-order valence-electron chi connectivity index (χ1n) is 14.5. The van der Waals surface area contributed by atoms with E-state index < -0.39 is 0 Å². The van der Waals surface area contributed by atoms with E-state index in [1.165, 1.54) is 21.9 Å². The van der Waals surface area contributed by atoms with Gasteiger partial charge < -0.3 is 4.42 Å². The fraction of sp³-hybridized carbons (Fsp3) is 0. The van der Waals surface area contributed by atoms with E-state index in [2.05, 4.69) is 133 Å². The van der Waals surface area contributed by atoms with Crippen molar-refractivity contribution < 1.29 is 4.42 Å². The standard InChI is InChI=1S/C40H24N2O/c1-2-9-25(10-3-1)27-17-19-37-34(22-27)35-23-28(18-20-38(35)43-37)26-11-8-12-29(21-26)36-24-41-39-32-15-6-4-13-30(32)31-14-5-7-16-33(31)40(39)42-36/h1-24H. The quantitative estimate of drug-likeness (QED) is 0.206. The average molecular weight is 549 g/mol. The highest BCUT2D eigenvalue weighted by atomic mass is 16.3. The van der Waals surface area contributed by atoms with E-state index in [1.54, 1.807) is 0 Å². The predicted molar refractivity (Wildman–Crippen MR) is 178 cm³/mol. The number of aromatic nitrogens is 2. The summed E-state index contributed by atoms with van der Waals surface area (Å²) in [5, 5.41) is 6.87. The van der Waals surface area contributed by atoms with E-state index in [1.807, 2.05) is 12.3 Å². The minimum atomic E-state index is 0.858. The van der Waals surface area contributed by atoms with Crippen LogP contribution in [0.4, 0.5) is 0 Å². The lowest BCUT2D eigenvalue weighted by molar-refractivity contribution is 0.669. The molecule has 3 nitrogen and oxygen atoms in total. The zero-order valence-corrected chi connectivity index (χ0v) is 23.2. The van der Waals surface area contributed by atoms with E-state index in [4.69, 9.17) is 14.4 Å². The second kappa shape index (κ2) is 9.37. The summed E-state index contributed by atoms with van der Waals surface area (Å²) < 4.78 is 6.22. The van der Waals surface area contributed by atoms with Gasteiger partial charge in [-0.05, 0) is 63.4 Å². The van der Waals surface area contributed by atoms with E-state index >= 15 is 0 Å². The Morgan fingerprint density at radius 3 is 1.60 bits per heavy atom. The van der Waals surface area contributed by atoms with Crippen LogP contribution in [0.15, 0.2) is 150 Å². The second-order valence-electron chi connectivity index (χ2n) is 11.0. The molecule has 0 amide bonds. The molecule has 9 rings (SSSR count). The van der Waals surface area contributed by atoms with Gasteiger partial charge in [0.1, 0.15) is 11.2 Å². The molecule has 200 valence electrons. The van der Waals surface area contributed by atoms with Crippen LogP contribution in [-0.2, 0) is 0 Å². The second-order valence-corrected chi connectivity index (χ2v) is 11.0. The lowest BCUT2D eigenvalue weighted by atomic mass is 9.98. The Kier molecular flexibility index (Phi) is 5.20. The van der Waals surface area contributed by atoms with Crippen molar-refractivity contribution >= 4 is 54.5 Å². The lowest BCUT2D eigenvalue weighted by Crippen LogP contribution is -1.92. The molecular weight excluding hydrogens is 524 g/mol. The van der Waals surface area contributed by atoms with Crippen LogP contribution in [0.5, 0.6) is 0 Å². The van der Waals surface area contributed by atoms with Gasteiger partial charge in [-0.2, -0.15) is 0 Å². The smallest absolute Gasteiger partial charge is 0.135 e. The number of furan rings is 1. The summed E-state index contributed by atoms with van der Waals surface area (Å²) in [7, 11) is 0. The molecule has 2 aromatic heterocycles. The maximum Gasteiger partial charge on any atom is 0.135 e. The highest BCUT2D eigenvalue weighted by molar-refractivity contribution is 6.23. The minimum absolute atomic E-state index is 0.858. The van der Waals surface area contributed by atoms with Gasteiger partial charge in [0.05, 0.1) is 22.9 Å².